The van der Waals surface area contributed by atoms with Crippen LogP contribution in [0.25, 0.3) is 0 Å². The number of sulfone groups is 1. The lowest BCUT2D eigenvalue weighted by atomic mass is 10.1. The van der Waals surface area contributed by atoms with Gasteiger partial charge >= 0.3 is 0 Å². The Morgan fingerprint density at radius 3 is 2.38 bits per heavy atom. The van der Waals surface area contributed by atoms with Gasteiger partial charge in [-0.05, 0) is 44.5 Å². The molecule has 1 atom stereocenters. The highest BCUT2D eigenvalue weighted by atomic mass is 32.2. The second-order valence-corrected chi connectivity index (χ2v) is 8.43. The number of amides is 1. The molecule has 0 fully saturated rings. The van der Waals surface area contributed by atoms with Crippen molar-refractivity contribution >= 4 is 15.7 Å². The maximum atomic E-state index is 12.1. The summed E-state index contributed by atoms with van der Waals surface area (Å²) in [7, 11) is -3.12. The first-order chi connectivity index (χ1) is 11.1. The summed E-state index contributed by atoms with van der Waals surface area (Å²) in [6.07, 6.45) is 1.16. The summed E-state index contributed by atoms with van der Waals surface area (Å²) in [6.45, 7) is 6.28. The summed E-state index contributed by atoms with van der Waals surface area (Å²) in [5.74, 6) is -0.349. The molecule has 130 valence electrons. The first-order valence-corrected chi connectivity index (χ1v) is 9.78. The molecule has 1 heterocycles. The number of nitrogens with zero attached hydrogens (tertiary/aromatic N) is 2. The molecule has 0 radical (unpaired) electrons. The summed E-state index contributed by atoms with van der Waals surface area (Å²) in [5.41, 5.74) is 3.61. The van der Waals surface area contributed by atoms with Gasteiger partial charge in [0, 0.05) is 23.6 Å². The van der Waals surface area contributed by atoms with Crippen molar-refractivity contribution in [2.75, 3.05) is 12.0 Å². The fourth-order valence-electron chi connectivity index (χ4n) is 2.57. The van der Waals surface area contributed by atoms with E-state index in [1.54, 1.807) is 19.1 Å². The summed E-state index contributed by atoms with van der Waals surface area (Å²) < 4.78 is 24.4. The van der Waals surface area contributed by atoms with E-state index < -0.39 is 15.9 Å². The van der Waals surface area contributed by atoms with Crippen molar-refractivity contribution in [3.63, 3.8) is 0 Å². The van der Waals surface area contributed by atoms with Crippen LogP contribution in [0.5, 0.6) is 0 Å². The highest BCUT2D eigenvalue weighted by Crippen LogP contribution is 2.09. The lowest BCUT2D eigenvalue weighted by molar-refractivity contribution is 0.0943. The molecule has 0 saturated heterocycles. The third kappa shape index (κ3) is 5.19. The number of carbonyl (C=O) groups excluding carboxylic acids is 1. The van der Waals surface area contributed by atoms with Crippen LogP contribution in [0.3, 0.4) is 0 Å². The predicted molar refractivity (Wildman–Crippen MR) is 93.9 cm³/mol. The lowest BCUT2D eigenvalue weighted by Gasteiger charge is -2.13. The van der Waals surface area contributed by atoms with Gasteiger partial charge in [0.15, 0.2) is 0 Å². The summed E-state index contributed by atoms with van der Waals surface area (Å²) in [6, 6.07) is 8.83. The Hall–Kier alpha value is -2.15. The molecule has 1 N–H and O–H groups in total. The molecule has 0 bridgehead atoms. The third-order valence-electron chi connectivity index (χ3n) is 3.58. The molecule has 0 aliphatic rings. The fourth-order valence-corrected chi connectivity index (χ4v) is 3.56. The second-order valence-electron chi connectivity index (χ2n) is 6.25. The Balaban J connectivity index is 2.01. The summed E-state index contributed by atoms with van der Waals surface area (Å²) in [5, 5.41) is 7.12. The minimum Gasteiger partial charge on any atom is -0.349 e. The number of carbonyl (C=O) groups is 1. The van der Waals surface area contributed by atoms with E-state index in [0.29, 0.717) is 12.1 Å². The van der Waals surface area contributed by atoms with E-state index in [4.69, 9.17) is 0 Å². The highest BCUT2D eigenvalue weighted by Gasteiger charge is 2.14. The van der Waals surface area contributed by atoms with Crippen molar-refractivity contribution < 1.29 is 13.2 Å². The van der Waals surface area contributed by atoms with Gasteiger partial charge in [0.25, 0.3) is 5.91 Å². The van der Waals surface area contributed by atoms with Gasteiger partial charge in [0.1, 0.15) is 9.84 Å². The second kappa shape index (κ2) is 7.17. The number of hydrogen-bond donors (Lipinski definition) is 1. The van der Waals surface area contributed by atoms with E-state index in [1.165, 1.54) is 0 Å². The number of aryl methyl sites for hydroxylation is 2. The van der Waals surface area contributed by atoms with Gasteiger partial charge in [0.2, 0.25) is 0 Å². The van der Waals surface area contributed by atoms with Crippen LogP contribution in [0.2, 0.25) is 0 Å². The highest BCUT2D eigenvalue weighted by molar-refractivity contribution is 7.90. The zero-order valence-electron chi connectivity index (χ0n) is 14.4. The third-order valence-corrected chi connectivity index (χ3v) is 4.69. The number of nitrogens with one attached hydrogen (secondary N) is 1. The number of hydrogen-bond acceptors (Lipinski definition) is 4. The zero-order valence-corrected chi connectivity index (χ0v) is 15.2. The first kappa shape index (κ1) is 18.2. The number of aromatic nitrogens is 2. The van der Waals surface area contributed by atoms with Crippen molar-refractivity contribution in [1.82, 2.24) is 15.1 Å². The molecule has 0 unspecified atom stereocenters. The monoisotopic (exact) mass is 349 g/mol. The van der Waals surface area contributed by atoms with Gasteiger partial charge < -0.3 is 5.32 Å². The van der Waals surface area contributed by atoms with E-state index >= 15 is 0 Å². The average molecular weight is 349 g/mol. The fraction of sp³-hybridized carbons (Fsp3) is 0.412. The van der Waals surface area contributed by atoms with Crippen LogP contribution >= 0.6 is 0 Å². The SMILES string of the molecule is Cc1cc(C)n(Cc2ccc(C(=O)N[C@@H](C)CS(C)(=O)=O)cc2)n1. The van der Waals surface area contributed by atoms with Gasteiger partial charge in [-0.3, -0.25) is 9.48 Å². The van der Waals surface area contributed by atoms with E-state index in [9.17, 15) is 13.2 Å². The van der Waals surface area contributed by atoms with Crippen LogP contribution in [0.15, 0.2) is 30.3 Å². The molecule has 24 heavy (non-hydrogen) atoms. The smallest absolute Gasteiger partial charge is 0.251 e. The Bertz CT molecular complexity index is 823. The molecule has 1 aromatic heterocycles. The molecule has 0 aliphatic heterocycles. The van der Waals surface area contributed by atoms with Crippen LogP contribution in [0.1, 0.15) is 34.2 Å². The van der Waals surface area contributed by atoms with Crippen LogP contribution in [0.4, 0.5) is 0 Å². The van der Waals surface area contributed by atoms with Gasteiger partial charge in [0.05, 0.1) is 18.0 Å². The molecule has 6 nitrogen and oxygen atoms in total. The van der Waals surface area contributed by atoms with Crippen molar-refractivity contribution in [3.8, 4) is 0 Å². The van der Waals surface area contributed by atoms with E-state index in [1.807, 2.05) is 36.7 Å². The first-order valence-electron chi connectivity index (χ1n) is 7.72. The number of rotatable bonds is 6. The molecule has 2 aromatic rings. The molecular formula is C17H23N3O3S. The molecule has 0 spiro atoms. The van der Waals surface area contributed by atoms with E-state index in [0.717, 1.165) is 23.2 Å². The molecule has 7 heteroatoms. The van der Waals surface area contributed by atoms with Crippen molar-refractivity contribution in [2.45, 2.75) is 33.4 Å². The van der Waals surface area contributed by atoms with Crippen LogP contribution in [0, 0.1) is 13.8 Å². The molecule has 1 aromatic carbocycles. The Labute approximate surface area is 142 Å². The minimum absolute atomic E-state index is 0.0747. The quantitative estimate of drug-likeness (QED) is 0.861. The maximum Gasteiger partial charge on any atom is 0.251 e. The van der Waals surface area contributed by atoms with Gasteiger partial charge in [-0.25, -0.2) is 8.42 Å². The van der Waals surface area contributed by atoms with Crippen LogP contribution in [-0.2, 0) is 16.4 Å². The molecule has 0 aliphatic carbocycles. The van der Waals surface area contributed by atoms with Crippen molar-refractivity contribution in [2.24, 2.45) is 0 Å². The van der Waals surface area contributed by atoms with E-state index in [2.05, 4.69) is 10.4 Å². The Morgan fingerprint density at radius 2 is 1.88 bits per heavy atom. The Kier molecular flexibility index (Phi) is 5.43. The standard InChI is InChI=1S/C17H23N3O3S/c1-12-9-14(3)20(19-12)10-15-5-7-16(8-6-15)17(21)18-13(2)11-24(4,22)23/h5-9,13H,10-11H2,1-4H3,(H,18,21)/t13-/m0/s1. The molecular weight excluding hydrogens is 326 g/mol. The lowest BCUT2D eigenvalue weighted by Crippen LogP contribution is -2.37. The predicted octanol–water partition coefficient (Wildman–Crippen LogP) is 1.71. The summed E-state index contributed by atoms with van der Waals surface area (Å²) in [4.78, 5) is 12.1. The van der Waals surface area contributed by atoms with Crippen molar-refractivity contribution in [1.29, 1.82) is 0 Å². The summed E-state index contributed by atoms with van der Waals surface area (Å²) >= 11 is 0. The maximum absolute atomic E-state index is 12.1. The Morgan fingerprint density at radius 1 is 1.25 bits per heavy atom. The largest absolute Gasteiger partial charge is 0.349 e. The van der Waals surface area contributed by atoms with Gasteiger partial charge in [-0.1, -0.05) is 12.1 Å². The normalized spacial score (nSPS) is 12.8. The zero-order chi connectivity index (χ0) is 17.9. The van der Waals surface area contributed by atoms with E-state index in [-0.39, 0.29) is 11.7 Å². The van der Waals surface area contributed by atoms with Crippen LogP contribution in [-0.4, -0.2) is 42.2 Å². The molecule has 1 amide bonds. The van der Waals surface area contributed by atoms with Gasteiger partial charge in [-0.15, -0.1) is 0 Å². The van der Waals surface area contributed by atoms with Crippen molar-refractivity contribution in [3.05, 3.63) is 52.8 Å². The van der Waals surface area contributed by atoms with Gasteiger partial charge in [-0.2, -0.15) is 5.10 Å². The number of benzene rings is 1. The average Bonchev–Trinajstić information content (AvgIpc) is 2.75. The minimum atomic E-state index is -3.12. The topological polar surface area (TPSA) is 81.1 Å². The molecule has 0 saturated carbocycles. The van der Waals surface area contributed by atoms with Crippen LogP contribution < -0.4 is 5.32 Å². The molecule has 2 rings (SSSR count).